The zero-order chi connectivity index (χ0) is 16.6. The highest BCUT2D eigenvalue weighted by Crippen LogP contribution is 2.33. The number of para-hydroxylation sites is 1. The van der Waals surface area contributed by atoms with Crippen molar-refractivity contribution in [1.29, 1.82) is 0 Å². The van der Waals surface area contributed by atoms with Crippen LogP contribution in [0.25, 0.3) is 0 Å². The van der Waals surface area contributed by atoms with E-state index in [9.17, 15) is 14.4 Å². The highest BCUT2D eigenvalue weighted by Gasteiger charge is 2.36. The molecule has 0 bridgehead atoms. The Morgan fingerprint density at radius 3 is 1.96 bits per heavy atom. The van der Waals surface area contributed by atoms with Crippen molar-refractivity contribution >= 4 is 34.8 Å². The lowest BCUT2D eigenvalue weighted by Gasteiger charge is -2.27. The van der Waals surface area contributed by atoms with Gasteiger partial charge in [0.2, 0.25) is 17.5 Å². The Morgan fingerprint density at radius 1 is 0.870 bits per heavy atom. The average Bonchev–Trinajstić information content (AvgIpc) is 2.57. The van der Waals surface area contributed by atoms with Crippen LogP contribution in [0.1, 0.15) is 27.6 Å². The van der Waals surface area contributed by atoms with Crippen LogP contribution < -0.4 is 4.90 Å². The first-order valence-corrected chi connectivity index (χ1v) is 7.34. The number of hydrogen-bond acceptors (Lipinski definition) is 3. The molecule has 2 aromatic rings. The van der Waals surface area contributed by atoms with E-state index in [0.29, 0.717) is 5.69 Å². The number of Topliss-reactive ketones (excluding diaryl/α,β-unsaturated/α-hetero) is 2. The van der Waals surface area contributed by atoms with Crippen molar-refractivity contribution in [3.8, 4) is 0 Å². The van der Waals surface area contributed by atoms with Gasteiger partial charge in [-0.2, -0.15) is 0 Å². The molecule has 3 rings (SSSR count). The largest absolute Gasteiger partial charge is 0.287 e. The van der Waals surface area contributed by atoms with E-state index in [1.54, 1.807) is 54.6 Å². The lowest BCUT2D eigenvalue weighted by Crippen LogP contribution is -2.36. The van der Waals surface area contributed by atoms with E-state index in [-0.39, 0.29) is 21.9 Å². The molecule has 23 heavy (non-hydrogen) atoms. The van der Waals surface area contributed by atoms with E-state index in [1.165, 1.54) is 11.8 Å². The van der Waals surface area contributed by atoms with Gasteiger partial charge in [0, 0.05) is 23.7 Å². The van der Waals surface area contributed by atoms with Crippen LogP contribution in [0.15, 0.2) is 65.3 Å². The van der Waals surface area contributed by atoms with Gasteiger partial charge in [-0.15, -0.1) is 0 Å². The number of fused-ring (bicyclic) bond motifs is 1. The minimum atomic E-state index is -0.459. The molecule has 0 saturated carbocycles. The Bertz CT molecular complexity index is 856. The smallest absolute Gasteiger partial charge is 0.228 e. The molecule has 0 N–H and O–H groups in total. The predicted molar refractivity (Wildman–Crippen MR) is 87.6 cm³/mol. The third kappa shape index (κ3) is 2.47. The molecule has 0 fully saturated rings. The van der Waals surface area contributed by atoms with Crippen LogP contribution >= 0.6 is 11.6 Å². The second-order valence-corrected chi connectivity index (χ2v) is 5.43. The van der Waals surface area contributed by atoms with Gasteiger partial charge >= 0.3 is 0 Å². The molecule has 4 nitrogen and oxygen atoms in total. The number of rotatable bonds is 2. The second kappa shape index (κ2) is 5.82. The summed E-state index contributed by atoms with van der Waals surface area (Å²) >= 11 is 6.16. The molecular formula is C18H12ClNO3. The maximum atomic E-state index is 12.8. The minimum Gasteiger partial charge on any atom is -0.287 e. The molecule has 0 saturated heterocycles. The molecule has 5 heteroatoms. The van der Waals surface area contributed by atoms with Crippen molar-refractivity contribution in [3.63, 3.8) is 0 Å². The summed E-state index contributed by atoms with van der Waals surface area (Å²) in [5.74, 6) is -1.30. The van der Waals surface area contributed by atoms with Gasteiger partial charge in [0.25, 0.3) is 0 Å². The van der Waals surface area contributed by atoms with Gasteiger partial charge in [0.15, 0.2) is 0 Å². The summed E-state index contributed by atoms with van der Waals surface area (Å²) in [7, 11) is 0. The second-order valence-electron chi connectivity index (χ2n) is 5.06. The number of carbonyl (C=O) groups excluding carboxylic acids is 3. The fourth-order valence-corrected chi connectivity index (χ4v) is 2.85. The quantitative estimate of drug-likeness (QED) is 0.848. The third-order valence-corrected chi connectivity index (χ3v) is 3.94. The molecule has 0 atom stereocenters. The first-order valence-electron chi connectivity index (χ1n) is 6.96. The molecule has 114 valence electrons. The lowest BCUT2D eigenvalue weighted by atomic mass is 9.91. The van der Waals surface area contributed by atoms with Crippen molar-refractivity contribution in [2.45, 2.75) is 6.92 Å². The monoisotopic (exact) mass is 325 g/mol. The average molecular weight is 326 g/mol. The third-order valence-electron chi connectivity index (χ3n) is 3.59. The number of amides is 1. The van der Waals surface area contributed by atoms with Crippen molar-refractivity contribution in [3.05, 3.63) is 76.5 Å². The van der Waals surface area contributed by atoms with E-state index in [0.717, 1.165) is 0 Å². The first-order chi connectivity index (χ1) is 11.0. The van der Waals surface area contributed by atoms with Crippen LogP contribution in [0.2, 0.25) is 0 Å². The van der Waals surface area contributed by atoms with Crippen molar-refractivity contribution < 1.29 is 14.4 Å². The zero-order valence-electron chi connectivity index (χ0n) is 12.2. The lowest BCUT2D eigenvalue weighted by molar-refractivity contribution is -0.116. The summed E-state index contributed by atoms with van der Waals surface area (Å²) in [5, 5.41) is -0.243. The van der Waals surface area contributed by atoms with Crippen molar-refractivity contribution in [2.75, 3.05) is 4.90 Å². The summed E-state index contributed by atoms with van der Waals surface area (Å²) in [4.78, 5) is 38.6. The van der Waals surface area contributed by atoms with E-state index in [4.69, 9.17) is 11.6 Å². The Kier molecular flexibility index (Phi) is 3.84. The fourth-order valence-electron chi connectivity index (χ4n) is 2.58. The highest BCUT2D eigenvalue weighted by atomic mass is 35.5. The van der Waals surface area contributed by atoms with E-state index >= 15 is 0 Å². The maximum Gasteiger partial charge on any atom is 0.228 e. The summed E-state index contributed by atoms with van der Waals surface area (Å²) in [6, 6.07) is 15.1. The molecule has 2 aromatic carbocycles. The van der Waals surface area contributed by atoms with Crippen LogP contribution in [0.5, 0.6) is 0 Å². The number of allylic oxidation sites excluding steroid dienone is 2. The van der Waals surface area contributed by atoms with Gasteiger partial charge in [-0.05, 0) is 12.1 Å². The Labute approximate surface area is 138 Å². The summed E-state index contributed by atoms with van der Waals surface area (Å²) < 4.78 is 0. The molecule has 0 aliphatic heterocycles. The molecule has 0 aromatic heterocycles. The van der Waals surface area contributed by atoms with Crippen LogP contribution in [-0.4, -0.2) is 17.5 Å². The highest BCUT2D eigenvalue weighted by molar-refractivity contribution is 6.50. The number of carbonyl (C=O) groups is 3. The number of ketones is 2. The maximum absolute atomic E-state index is 12.8. The number of nitrogens with zero attached hydrogens (tertiary/aromatic N) is 1. The van der Waals surface area contributed by atoms with Gasteiger partial charge in [-0.3, -0.25) is 19.3 Å². The van der Waals surface area contributed by atoms with E-state index in [1.807, 2.05) is 0 Å². The normalized spacial score (nSPS) is 13.8. The molecule has 0 spiro atoms. The Hall–Kier alpha value is -2.72. The summed E-state index contributed by atoms with van der Waals surface area (Å²) in [6.07, 6.45) is 0. The molecule has 1 amide bonds. The Balaban J connectivity index is 2.21. The summed E-state index contributed by atoms with van der Waals surface area (Å²) in [6.45, 7) is 1.32. The minimum absolute atomic E-state index is 0.103. The number of anilines is 1. The number of halogens is 1. The molecule has 0 unspecified atom stereocenters. The van der Waals surface area contributed by atoms with E-state index in [2.05, 4.69) is 0 Å². The van der Waals surface area contributed by atoms with Crippen LogP contribution in [0.3, 0.4) is 0 Å². The fraction of sp³-hybridized carbons (Fsp3) is 0.0556. The van der Waals surface area contributed by atoms with E-state index < -0.39 is 17.5 Å². The molecule has 1 aliphatic rings. The van der Waals surface area contributed by atoms with Crippen LogP contribution in [0.4, 0.5) is 5.69 Å². The standard InChI is InChI=1S/C18H12ClNO3/c1-11(21)20(12-7-3-2-4-8-12)16-15(19)17(22)13-9-5-6-10-14(13)18(16)23/h2-10H,1H3. The topological polar surface area (TPSA) is 54.5 Å². The number of hydrogen-bond donors (Lipinski definition) is 0. The number of benzene rings is 2. The molecule has 1 aliphatic carbocycles. The van der Waals surface area contributed by atoms with Crippen LogP contribution in [0, 0.1) is 0 Å². The Morgan fingerprint density at radius 2 is 1.39 bits per heavy atom. The van der Waals surface area contributed by atoms with Gasteiger partial charge in [0.05, 0.1) is 0 Å². The van der Waals surface area contributed by atoms with Crippen LogP contribution in [-0.2, 0) is 4.79 Å². The van der Waals surface area contributed by atoms with Gasteiger partial charge < -0.3 is 0 Å². The first kappa shape index (κ1) is 15.2. The molecule has 0 radical (unpaired) electrons. The SMILES string of the molecule is CC(=O)N(C1=C(Cl)C(=O)c2ccccc2C1=O)c1ccccc1. The van der Waals surface area contributed by atoms with Gasteiger partial charge in [-0.25, -0.2) is 0 Å². The van der Waals surface area contributed by atoms with Crippen molar-refractivity contribution in [2.24, 2.45) is 0 Å². The zero-order valence-corrected chi connectivity index (χ0v) is 13.0. The molecular weight excluding hydrogens is 314 g/mol. The predicted octanol–water partition coefficient (Wildman–Crippen LogP) is 3.57. The summed E-state index contributed by atoms with van der Waals surface area (Å²) in [5.41, 5.74) is 0.879. The van der Waals surface area contributed by atoms with Crippen molar-refractivity contribution in [1.82, 2.24) is 0 Å². The van der Waals surface area contributed by atoms with Gasteiger partial charge in [-0.1, -0.05) is 54.1 Å². The molecule has 0 heterocycles. The van der Waals surface area contributed by atoms with Gasteiger partial charge in [0.1, 0.15) is 10.7 Å².